The van der Waals surface area contributed by atoms with E-state index in [-0.39, 0.29) is 12.0 Å². The van der Waals surface area contributed by atoms with Crippen LogP contribution in [0.25, 0.3) is 0 Å². The van der Waals surface area contributed by atoms with Crippen molar-refractivity contribution in [2.45, 2.75) is 19.4 Å². The van der Waals surface area contributed by atoms with Crippen LogP contribution in [0.4, 0.5) is 0 Å². The second-order valence-electron chi connectivity index (χ2n) is 5.23. The average molecular weight is 301 g/mol. The Labute approximate surface area is 129 Å². The lowest BCUT2D eigenvalue weighted by Crippen LogP contribution is -2.44. The third-order valence-corrected chi connectivity index (χ3v) is 3.50. The quantitative estimate of drug-likeness (QED) is 0.852. The first kappa shape index (κ1) is 14.5. The summed E-state index contributed by atoms with van der Waals surface area (Å²) in [7, 11) is 0. The Balaban J connectivity index is 1.68. The molecule has 0 radical (unpaired) electrons. The molecule has 1 aliphatic rings. The maximum atomic E-state index is 12.5. The minimum Gasteiger partial charge on any atom is -0.486 e. The first-order valence-electron chi connectivity index (χ1n) is 7.49. The van der Waals surface area contributed by atoms with Gasteiger partial charge in [0.1, 0.15) is 6.61 Å². The molecular weight excluding hydrogens is 282 g/mol. The van der Waals surface area contributed by atoms with Crippen LogP contribution in [0.3, 0.4) is 0 Å². The van der Waals surface area contributed by atoms with E-state index in [1.807, 2.05) is 31.2 Å². The molecule has 0 N–H and O–H groups in total. The lowest BCUT2D eigenvalue weighted by molar-refractivity contribution is 0.0443. The number of para-hydroxylation sites is 2. The highest BCUT2D eigenvalue weighted by Crippen LogP contribution is 2.31. The van der Waals surface area contributed by atoms with Gasteiger partial charge < -0.3 is 18.8 Å². The van der Waals surface area contributed by atoms with E-state index in [1.54, 1.807) is 17.0 Å². The standard InChI is InChI=1S/C17H19NO4/c1-2-9-18(17(19)16-8-5-10-20-16)11-13-12-21-14-6-3-4-7-15(14)22-13/h3-8,10,13H,2,9,11-12H2,1H3. The Hall–Kier alpha value is -2.43. The smallest absolute Gasteiger partial charge is 0.289 e. The molecule has 0 aliphatic carbocycles. The summed E-state index contributed by atoms with van der Waals surface area (Å²) in [6.45, 7) is 3.60. The van der Waals surface area contributed by atoms with Crippen molar-refractivity contribution in [3.8, 4) is 11.5 Å². The van der Waals surface area contributed by atoms with Crippen molar-refractivity contribution in [2.75, 3.05) is 19.7 Å². The summed E-state index contributed by atoms with van der Waals surface area (Å²) in [5.41, 5.74) is 0. The highest BCUT2D eigenvalue weighted by atomic mass is 16.6. The van der Waals surface area contributed by atoms with Crippen molar-refractivity contribution in [2.24, 2.45) is 0 Å². The lowest BCUT2D eigenvalue weighted by Gasteiger charge is -2.31. The Bertz CT molecular complexity index is 623. The summed E-state index contributed by atoms with van der Waals surface area (Å²) in [6.07, 6.45) is 2.20. The molecule has 1 aliphatic heterocycles. The van der Waals surface area contributed by atoms with Crippen LogP contribution in [0.1, 0.15) is 23.9 Å². The SMILES string of the molecule is CCCN(CC1COc2ccccc2O1)C(=O)c1ccco1. The number of hydrogen-bond acceptors (Lipinski definition) is 4. The van der Waals surface area contributed by atoms with Gasteiger partial charge in [0.05, 0.1) is 12.8 Å². The fourth-order valence-corrected chi connectivity index (χ4v) is 2.50. The molecule has 1 aromatic carbocycles. The van der Waals surface area contributed by atoms with Gasteiger partial charge in [-0.2, -0.15) is 0 Å². The average Bonchev–Trinajstić information content (AvgIpc) is 3.08. The lowest BCUT2D eigenvalue weighted by atomic mass is 10.2. The van der Waals surface area contributed by atoms with Gasteiger partial charge in [-0.1, -0.05) is 19.1 Å². The van der Waals surface area contributed by atoms with Crippen LogP contribution in [-0.4, -0.2) is 36.6 Å². The fraction of sp³-hybridized carbons (Fsp3) is 0.353. The van der Waals surface area contributed by atoms with E-state index in [0.717, 1.165) is 17.9 Å². The number of amides is 1. The molecule has 5 heteroatoms. The van der Waals surface area contributed by atoms with Crippen LogP contribution in [0.15, 0.2) is 47.1 Å². The molecule has 1 atom stereocenters. The van der Waals surface area contributed by atoms with Crippen molar-refractivity contribution in [3.05, 3.63) is 48.4 Å². The van der Waals surface area contributed by atoms with E-state index in [1.165, 1.54) is 6.26 Å². The summed E-state index contributed by atoms with van der Waals surface area (Å²) >= 11 is 0. The first-order valence-corrected chi connectivity index (χ1v) is 7.49. The van der Waals surface area contributed by atoms with E-state index < -0.39 is 0 Å². The minimum absolute atomic E-state index is 0.116. The Morgan fingerprint density at radius 1 is 1.23 bits per heavy atom. The molecule has 0 saturated heterocycles. The summed E-state index contributed by atoms with van der Waals surface area (Å²) in [5, 5.41) is 0. The number of carbonyl (C=O) groups excluding carboxylic acids is 1. The number of hydrogen-bond donors (Lipinski definition) is 0. The van der Waals surface area contributed by atoms with Crippen LogP contribution in [0, 0.1) is 0 Å². The van der Waals surface area contributed by atoms with Gasteiger partial charge in [-0.25, -0.2) is 0 Å². The largest absolute Gasteiger partial charge is 0.486 e. The monoisotopic (exact) mass is 301 g/mol. The number of fused-ring (bicyclic) bond motifs is 1. The molecule has 2 heterocycles. The summed E-state index contributed by atoms with van der Waals surface area (Å²) in [5.74, 6) is 1.71. The molecule has 1 unspecified atom stereocenters. The fourth-order valence-electron chi connectivity index (χ4n) is 2.50. The van der Waals surface area contributed by atoms with Crippen molar-refractivity contribution in [3.63, 3.8) is 0 Å². The van der Waals surface area contributed by atoms with Crippen LogP contribution in [0.2, 0.25) is 0 Å². The molecule has 5 nitrogen and oxygen atoms in total. The zero-order valence-electron chi connectivity index (χ0n) is 12.5. The highest BCUT2D eigenvalue weighted by Gasteiger charge is 2.26. The van der Waals surface area contributed by atoms with Gasteiger partial charge in [-0.3, -0.25) is 4.79 Å². The highest BCUT2D eigenvalue weighted by molar-refractivity contribution is 5.91. The molecule has 0 saturated carbocycles. The maximum Gasteiger partial charge on any atom is 0.289 e. The molecule has 3 rings (SSSR count). The van der Waals surface area contributed by atoms with Gasteiger partial charge in [-0.05, 0) is 30.7 Å². The van der Waals surface area contributed by atoms with Crippen LogP contribution < -0.4 is 9.47 Å². The van der Waals surface area contributed by atoms with Crippen LogP contribution in [-0.2, 0) is 0 Å². The van der Waals surface area contributed by atoms with Gasteiger partial charge in [0.25, 0.3) is 5.91 Å². The molecule has 116 valence electrons. The van der Waals surface area contributed by atoms with Crippen molar-refractivity contribution in [1.29, 1.82) is 0 Å². The van der Waals surface area contributed by atoms with Crippen LogP contribution >= 0.6 is 0 Å². The van der Waals surface area contributed by atoms with Gasteiger partial charge in [0.15, 0.2) is 23.4 Å². The first-order chi connectivity index (χ1) is 10.8. The molecule has 0 fully saturated rings. The van der Waals surface area contributed by atoms with E-state index in [0.29, 0.717) is 25.5 Å². The van der Waals surface area contributed by atoms with Crippen molar-refractivity contribution < 1.29 is 18.7 Å². The predicted molar refractivity (Wildman–Crippen MR) is 81.3 cm³/mol. The third-order valence-electron chi connectivity index (χ3n) is 3.50. The molecule has 1 aromatic heterocycles. The topological polar surface area (TPSA) is 51.9 Å². The summed E-state index contributed by atoms with van der Waals surface area (Å²) < 4.78 is 16.8. The van der Waals surface area contributed by atoms with E-state index in [4.69, 9.17) is 13.9 Å². The van der Waals surface area contributed by atoms with E-state index >= 15 is 0 Å². The van der Waals surface area contributed by atoms with Gasteiger partial charge in [0.2, 0.25) is 0 Å². The number of nitrogens with zero attached hydrogens (tertiary/aromatic N) is 1. The third kappa shape index (κ3) is 3.08. The molecule has 0 bridgehead atoms. The molecule has 1 amide bonds. The van der Waals surface area contributed by atoms with E-state index in [2.05, 4.69) is 0 Å². The predicted octanol–water partition coefficient (Wildman–Crippen LogP) is 2.97. The van der Waals surface area contributed by atoms with Gasteiger partial charge >= 0.3 is 0 Å². The number of carbonyl (C=O) groups is 1. The van der Waals surface area contributed by atoms with Crippen molar-refractivity contribution >= 4 is 5.91 Å². The number of benzene rings is 1. The Kier molecular flexibility index (Phi) is 4.32. The number of furan rings is 1. The van der Waals surface area contributed by atoms with Gasteiger partial charge in [-0.15, -0.1) is 0 Å². The zero-order valence-corrected chi connectivity index (χ0v) is 12.5. The second kappa shape index (κ2) is 6.56. The summed E-state index contributed by atoms with van der Waals surface area (Å²) in [6, 6.07) is 11.0. The van der Waals surface area contributed by atoms with E-state index in [9.17, 15) is 4.79 Å². The zero-order chi connectivity index (χ0) is 15.4. The Morgan fingerprint density at radius 3 is 2.77 bits per heavy atom. The Morgan fingerprint density at radius 2 is 2.05 bits per heavy atom. The normalized spacial score (nSPS) is 16.3. The molecule has 0 spiro atoms. The number of rotatable bonds is 5. The van der Waals surface area contributed by atoms with Crippen molar-refractivity contribution in [1.82, 2.24) is 4.90 Å². The van der Waals surface area contributed by atoms with Gasteiger partial charge in [0, 0.05) is 6.54 Å². The molecule has 22 heavy (non-hydrogen) atoms. The second-order valence-corrected chi connectivity index (χ2v) is 5.23. The molecule has 2 aromatic rings. The van der Waals surface area contributed by atoms with Crippen LogP contribution in [0.5, 0.6) is 11.5 Å². The maximum absolute atomic E-state index is 12.5. The number of ether oxygens (including phenoxy) is 2. The molecular formula is C17H19NO4. The summed E-state index contributed by atoms with van der Waals surface area (Å²) in [4.78, 5) is 14.2. The minimum atomic E-state index is -0.180.